The molecule has 0 bridgehead atoms. The van der Waals surface area contributed by atoms with E-state index in [1.165, 1.54) is 0 Å². The molecule has 0 heterocycles. The fourth-order valence-electron chi connectivity index (χ4n) is 4.53. The van der Waals surface area contributed by atoms with E-state index in [0.29, 0.717) is 24.3 Å². The summed E-state index contributed by atoms with van der Waals surface area (Å²) in [5, 5.41) is 0. The lowest BCUT2D eigenvalue weighted by Crippen LogP contribution is -2.26. The second-order valence-electron chi connectivity index (χ2n) is 11.0. The van der Waals surface area contributed by atoms with Crippen LogP contribution in [0.3, 0.4) is 0 Å². The Morgan fingerprint density at radius 3 is 1.44 bits per heavy atom. The quantitative estimate of drug-likeness (QED) is 0.122. The summed E-state index contributed by atoms with van der Waals surface area (Å²) in [6, 6.07) is 12.2. The summed E-state index contributed by atoms with van der Waals surface area (Å²) < 4.78 is 23.5. The Morgan fingerprint density at radius 2 is 1.12 bits per heavy atom. The summed E-state index contributed by atoms with van der Waals surface area (Å²) in [6.45, 7) is 27.2. The van der Waals surface area contributed by atoms with E-state index in [1.54, 1.807) is 13.8 Å². The molecule has 41 heavy (non-hydrogen) atoms. The Bertz CT molecular complexity index is 1190. The molecule has 2 aromatic carbocycles. The third-order valence-corrected chi connectivity index (χ3v) is 6.42. The molecule has 0 amide bonds. The molecule has 0 saturated heterocycles. The summed E-state index contributed by atoms with van der Waals surface area (Å²) >= 11 is 0. The second-order valence-corrected chi connectivity index (χ2v) is 11.0. The number of esters is 2. The van der Waals surface area contributed by atoms with Crippen molar-refractivity contribution in [3.8, 4) is 11.5 Å². The normalized spacial score (nSPS) is 12.4. The molecule has 0 aliphatic heterocycles. The number of rotatable bonds is 16. The lowest BCUT2D eigenvalue weighted by Gasteiger charge is -2.32. The van der Waals surface area contributed by atoms with Crippen LogP contribution in [-0.2, 0) is 37.3 Å². The highest BCUT2D eigenvalue weighted by Gasteiger charge is 2.32. The predicted molar refractivity (Wildman–Crippen MR) is 165 cm³/mol. The predicted octanol–water partition coefficient (Wildman–Crippen LogP) is 7.24. The van der Waals surface area contributed by atoms with Crippen molar-refractivity contribution in [2.24, 2.45) is 0 Å². The van der Waals surface area contributed by atoms with Gasteiger partial charge in [-0.15, -0.1) is 0 Å². The first-order chi connectivity index (χ1) is 19.3. The molecule has 2 aromatic rings. The molecule has 0 fully saturated rings. The molecule has 2 atom stereocenters. The molecule has 0 saturated carbocycles. The van der Waals surface area contributed by atoms with E-state index in [2.05, 4.69) is 40.2 Å². The molecule has 0 N–H and O–H groups in total. The van der Waals surface area contributed by atoms with Crippen LogP contribution in [0.25, 0.3) is 0 Å². The van der Waals surface area contributed by atoms with Gasteiger partial charge in [-0.25, -0.2) is 9.59 Å². The van der Waals surface area contributed by atoms with Crippen LogP contribution in [0, 0.1) is 0 Å². The Morgan fingerprint density at radius 1 is 0.756 bits per heavy atom. The molecule has 0 radical (unpaired) electrons. The SMILES string of the molecule is C=CC(=O)OC(C)COc1c(CC(=C)C)cccc1C(C)(C)c1cccc(CC(=C)C)c1OCC(C)OC(=O)C=C. The van der Waals surface area contributed by atoms with E-state index < -0.39 is 29.6 Å². The van der Waals surface area contributed by atoms with Gasteiger partial charge in [0.15, 0.2) is 0 Å². The van der Waals surface area contributed by atoms with Crippen LogP contribution in [0.4, 0.5) is 0 Å². The molecule has 0 spiro atoms. The van der Waals surface area contributed by atoms with E-state index in [1.807, 2.05) is 50.2 Å². The van der Waals surface area contributed by atoms with Gasteiger partial charge in [0.2, 0.25) is 0 Å². The number of carbonyl (C=O) groups is 2. The van der Waals surface area contributed by atoms with Crippen LogP contribution in [0.15, 0.2) is 86.0 Å². The highest BCUT2D eigenvalue weighted by molar-refractivity contribution is 5.81. The molecule has 0 aliphatic carbocycles. The minimum absolute atomic E-state index is 0.168. The number of allylic oxidation sites excluding steroid dienone is 2. The van der Waals surface area contributed by atoms with Crippen molar-refractivity contribution in [3.05, 3.63) is 108 Å². The first-order valence-electron chi connectivity index (χ1n) is 13.7. The number of benzene rings is 2. The van der Waals surface area contributed by atoms with Gasteiger partial charge >= 0.3 is 11.9 Å². The average molecular weight is 561 g/mol. The van der Waals surface area contributed by atoms with Crippen LogP contribution >= 0.6 is 0 Å². The van der Waals surface area contributed by atoms with Gasteiger partial charge in [0.1, 0.15) is 36.9 Å². The lowest BCUT2D eigenvalue weighted by atomic mass is 9.75. The van der Waals surface area contributed by atoms with Gasteiger partial charge in [0.05, 0.1) is 0 Å². The third-order valence-electron chi connectivity index (χ3n) is 6.42. The third kappa shape index (κ3) is 9.52. The van der Waals surface area contributed by atoms with E-state index in [0.717, 1.165) is 45.6 Å². The van der Waals surface area contributed by atoms with Crippen molar-refractivity contribution < 1.29 is 28.5 Å². The zero-order valence-corrected chi connectivity index (χ0v) is 25.4. The maximum atomic E-state index is 11.7. The van der Waals surface area contributed by atoms with Crippen LogP contribution in [0.2, 0.25) is 0 Å². The van der Waals surface area contributed by atoms with Gasteiger partial charge in [0.25, 0.3) is 0 Å². The molecule has 2 rings (SSSR count). The van der Waals surface area contributed by atoms with Gasteiger partial charge in [-0.1, -0.05) is 87.7 Å². The monoisotopic (exact) mass is 560 g/mol. The summed E-state index contributed by atoms with van der Waals surface area (Å²) in [5.41, 5.74) is 5.26. The first kappa shape index (κ1) is 33.1. The van der Waals surface area contributed by atoms with Crippen LogP contribution in [-0.4, -0.2) is 37.4 Å². The molecule has 2 unspecified atom stereocenters. The number of para-hydroxylation sites is 2. The van der Waals surface area contributed by atoms with Gasteiger partial charge in [-0.2, -0.15) is 0 Å². The summed E-state index contributed by atoms with van der Waals surface area (Å²) in [4.78, 5) is 23.5. The molecule has 6 nitrogen and oxygen atoms in total. The fourth-order valence-corrected chi connectivity index (χ4v) is 4.53. The van der Waals surface area contributed by atoms with Crippen molar-refractivity contribution >= 4 is 11.9 Å². The largest absolute Gasteiger partial charge is 0.489 e. The van der Waals surface area contributed by atoms with Crippen molar-refractivity contribution in [3.63, 3.8) is 0 Å². The number of hydrogen-bond donors (Lipinski definition) is 0. The molecular weight excluding hydrogens is 516 g/mol. The van der Waals surface area contributed by atoms with E-state index in [9.17, 15) is 9.59 Å². The highest BCUT2D eigenvalue weighted by Crippen LogP contribution is 2.44. The summed E-state index contributed by atoms with van der Waals surface area (Å²) in [7, 11) is 0. The molecule has 0 aromatic heterocycles. The fraction of sp³-hybridized carbons (Fsp3) is 0.371. The van der Waals surface area contributed by atoms with Crippen LogP contribution in [0.1, 0.15) is 63.8 Å². The van der Waals surface area contributed by atoms with E-state index in [-0.39, 0.29) is 13.2 Å². The topological polar surface area (TPSA) is 71.1 Å². The Hall–Kier alpha value is -4.06. The van der Waals surface area contributed by atoms with Gasteiger partial charge < -0.3 is 18.9 Å². The molecule has 0 aliphatic rings. The standard InChI is InChI=1S/C35H44O6/c1-11-31(36)40-25(7)21-38-33-27(19-23(3)4)15-13-17-29(33)35(9,10)30-18-14-16-28(20-24(5)6)34(30)39-22-26(8)41-32(37)12-2/h11-18,25-26H,1-3,5,19-22H2,4,6-10H3. The van der Waals surface area contributed by atoms with E-state index in [4.69, 9.17) is 18.9 Å². The van der Waals surface area contributed by atoms with Crippen molar-refractivity contribution in [2.45, 2.75) is 72.0 Å². The zero-order chi connectivity index (χ0) is 30.7. The minimum atomic E-state index is -0.580. The zero-order valence-electron chi connectivity index (χ0n) is 25.4. The highest BCUT2D eigenvalue weighted by atomic mass is 16.6. The van der Waals surface area contributed by atoms with Crippen molar-refractivity contribution in [1.29, 1.82) is 0 Å². The lowest BCUT2D eigenvalue weighted by molar-refractivity contribution is -0.144. The second kappa shape index (κ2) is 15.1. The maximum absolute atomic E-state index is 11.7. The van der Waals surface area contributed by atoms with Crippen molar-refractivity contribution in [2.75, 3.05) is 13.2 Å². The van der Waals surface area contributed by atoms with E-state index >= 15 is 0 Å². The Labute approximate surface area is 245 Å². The smallest absolute Gasteiger partial charge is 0.330 e. The first-order valence-corrected chi connectivity index (χ1v) is 13.7. The number of ether oxygens (including phenoxy) is 4. The maximum Gasteiger partial charge on any atom is 0.330 e. The van der Waals surface area contributed by atoms with Gasteiger partial charge in [-0.3, -0.25) is 0 Å². The summed E-state index contributed by atoms with van der Waals surface area (Å²) in [5.74, 6) is 0.431. The van der Waals surface area contributed by atoms with Crippen LogP contribution < -0.4 is 9.47 Å². The minimum Gasteiger partial charge on any atom is -0.489 e. The Balaban J connectivity index is 2.61. The Kier molecular flexibility index (Phi) is 12.2. The number of carbonyl (C=O) groups excluding carboxylic acids is 2. The molecular formula is C35H44O6. The van der Waals surface area contributed by atoms with Crippen molar-refractivity contribution in [1.82, 2.24) is 0 Å². The summed E-state index contributed by atoms with van der Waals surface area (Å²) in [6.07, 6.45) is 2.58. The molecule has 220 valence electrons. The van der Waals surface area contributed by atoms with Gasteiger partial charge in [-0.05, 0) is 51.7 Å². The average Bonchev–Trinajstić information content (AvgIpc) is 2.90. The molecule has 6 heteroatoms. The number of hydrogen-bond acceptors (Lipinski definition) is 6. The van der Waals surface area contributed by atoms with Gasteiger partial charge in [0, 0.05) is 28.7 Å². The van der Waals surface area contributed by atoms with Crippen LogP contribution in [0.5, 0.6) is 11.5 Å².